The van der Waals surface area contributed by atoms with E-state index in [1.54, 1.807) is 24.3 Å². The van der Waals surface area contributed by atoms with Crippen LogP contribution in [0.4, 0.5) is 5.69 Å². The number of carbonyl (C=O) groups excluding carboxylic acids is 1. The highest BCUT2D eigenvalue weighted by Crippen LogP contribution is 2.19. The summed E-state index contributed by atoms with van der Waals surface area (Å²) in [4.78, 5) is 23.4. The van der Waals surface area contributed by atoms with Gasteiger partial charge in [0.25, 0.3) is 0 Å². The van der Waals surface area contributed by atoms with E-state index in [2.05, 4.69) is 20.6 Å². The largest absolute Gasteiger partial charge is 0.507 e. The lowest BCUT2D eigenvalue weighted by Gasteiger charge is -2.06. The number of nitrogens with one attached hydrogen (secondary N) is 1. The summed E-state index contributed by atoms with van der Waals surface area (Å²) in [6.07, 6.45) is 2.34. The van der Waals surface area contributed by atoms with Crippen LogP contribution in [-0.4, -0.2) is 47.2 Å². The van der Waals surface area contributed by atoms with Gasteiger partial charge in [0, 0.05) is 30.1 Å². The molecule has 0 amide bonds. The average molecular weight is 354 g/mol. The number of allylic oxidation sites excluding steroid dienone is 1. The van der Waals surface area contributed by atoms with E-state index in [4.69, 9.17) is 5.73 Å². The topological polar surface area (TPSA) is 160 Å². The monoisotopic (exact) mass is 354 g/mol. The van der Waals surface area contributed by atoms with E-state index in [0.717, 1.165) is 11.6 Å². The fourth-order valence-electron chi connectivity index (χ4n) is 2.32. The molecule has 10 heteroatoms. The molecule has 26 heavy (non-hydrogen) atoms. The molecule has 0 radical (unpaired) electrons. The van der Waals surface area contributed by atoms with Gasteiger partial charge in [-0.05, 0) is 29.0 Å². The first kappa shape index (κ1) is 16.9. The zero-order valence-electron chi connectivity index (χ0n) is 13.3. The second-order valence-corrected chi connectivity index (χ2v) is 5.42. The SMILES string of the molecule is Nc1ccc(Cn2cc(C(O)=CC(=O)c3nn[nH]n3)cc2C(=O)O)cc1. The Morgan fingerprint density at radius 3 is 2.58 bits per heavy atom. The Morgan fingerprint density at radius 2 is 1.96 bits per heavy atom. The van der Waals surface area contributed by atoms with Gasteiger partial charge in [-0.15, -0.1) is 10.2 Å². The van der Waals surface area contributed by atoms with Crippen LogP contribution in [0.15, 0.2) is 42.6 Å². The Balaban J connectivity index is 1.90. The number of aliphatic hydroxyl groups excluding tert-OH is 1. The number of ketones is 1. The first-order valence-electron chi connectivity index (χ1n) is 7.40. The maximum absolute atomic E-state index is 11.9. The predicted octanol–water partition coefficient (Wildman–Crippen LogP) is 1.11. The summed E-state index contributed by atoms with van der Waals surface area (Å²) in [7, 11) is 0. The molecule has 0 bridgehead atoms. The highest BCUT2D eigenvalue weighted by Gasteiger charge is 2.17. The number of aromatic nitrogens is 5. The summed E-state index contributed by atoms with van der Waals surface area (Å²) in [6, 6.07) is 8.24. The van der Waals surface area contributed by atoms with Crippen LogP contribution in [-0.2, 0) is 6.54 Å². The Labute approximate surface area is 146 Å². The minimum Gasteiger partial charge on any atom is -0.507 e. The predicted molar refractivity (Wildman–Crippen MR) is 90.5 cm³/mol. The lowest BCUT2D eigenvalue weighted by atomic mass is 10.2. The van der Waals surface area contributed by atoms with Crippen LogP contribution in [0.25, 0.3) is 5.76 Å². The molecule has 1 aromatic carbocycles. The van der Waals surface area contributed by atoms with Gasteiger partial charge in [0.1, 0.15) is 11.5 Å². The number of tetrazole rings is 1. The smallest absolute Gasteiger partial charge is 0.352 e. The van der Waals surface area contributed by atoms with Gasteiger partial charge in [0.2, 0.25) is 11.6 Å². The number of H-pyrrole nitrogens is 1. The number of hydrogen-bond acceptors (Lipinski definition) is 7. The Hall–Kier alpha value is -3.95. The van der Waals surface area contributed by atoms with Gasteiger partial charge in [0.05, 0.1) is 0 Å². The van der Waals surface area contributed by atoms with Crippen LogP contribution in [0.1, 0.15) is 32.2 Å². The molecule has 0 saturated carbocycles. The lowest BCUT2D eigenvalue weighted by molar-refractivity contribution is 0.0685. The maximum Gasteiger partial charge on any atom is 0.352 e. The van der Waals surface area contributed by atoms with Crippen LogP contribution in [0.2, 0.25) is 0 Å². The van der Waals surface area contributed by atoms with Gasteiger partial charge in [-0.25, -0.2) is 4.79 Å². The van der Waals surface area contributed by atoms with Crippen molar-refractivity contribution in [1.29, 1.82) is 0 Å². The Bertz CT molecular complexity index is 973. The van der Waals surface area contributed by atoms with E-state index < -0.39 is 17.5 Å². The number of rotatable bonds is 6. The van der Waals surface area contributed by atoms with Crippen molar-refractivity contribution >= 4 is 23.2 Å². The number of nitrogen functional groups attached to an aromatic ring is 1. The highest BCUT2D eigenvalue weighted by atomic mass is 16.4. The van der Waals surface area contributed by atoms with Crippen LogP contribution >= 0.6 is 0 Å². The number of nitrogens with two attached hydrogens (primary N) is 1. The number of hydrogen-bond donors (Lipinski definition) is 4. The van der Waals surface area contributed by atoms with E-state index >= 15 is 0 Å². The zero-order chi connectivity index (χ0) is 18.7. The lowest BCUT2D eigenvalue weighted by Crippen LogP contribution is -2.08. The number of aliphatic hydroxyl groups is 1. The number of carboxylic acids is 1. The van der Waals surface area contributed by atoms with Crippen LogP contribution < -0.4 is 5.73 Å². The third-order valence-electron chi connectivity index (χ3n) is 3.58. The first-order valence-corrected chi connectivity index (χ1v) is 7.40. The van der Waals surface area contributed by atoms with Crippen molar-refractivity contribution in [1.82, 2.24) is 25.2 Å². The first-order chi connectivity index (χ1) is 12.4. The van der Waals surface area contributed by atoms with Gasteiger partial charge in [0.15, 0.2) is 0 Å². The molecule has 5 N–H and O–H groups in total. The van der Waals surface area contributed by atoms with Gasteiger partial charge >= 0.3 is 5.97 Å². The van der Waals surface area contributed by atoms with Gasteiger partial charge in [-0.1, -0.05) is 12.1 Å². The summed E-state index contributed by atoms with van der Waals surface area (Å²) in [6.45, 7) is 0.258. The molecule has 0 spiro atoms. The molecule has 132 valence electrons. The third-order valence-corrected chi connectivity index (χ3v) is 3.58. The van der Waals surface area contributed by atoms with Crippen molar-refractivity contribution < 1.29 is 19.8 Å². The summed E-state index contributed by atoms with van der Waals surface area (Å²) >= 11 is 0. The molecule has 0 aliphatic carbocycles. The molecule has 10 nitrogen and oxygen atoms in total. The molecule has 0 aliphatic heterocycles. The number of anilines is 1. The van der Waals surface area contributed by atoms with Crippen molar-refractivity contribution in [2.75, 3.05) is 5.73 Å². The fourth-order valence-corrected chi connectivity index (χ4v) is 2.32. The molecule has 3 rings (SSSR count). The molecular formula is C16H14N6O4. The molecule has 0 atom stereocenters. The normalized spacial score (nSPS) is 11.5. The summed E-state index contributed by atoms with van der Waals surface area (Å²) in [5, 5.41) is 31.9. The summed E-state index contributed by atoms with van der Waals surface area (Å²) < 4.78 is 1.45. The van der Waals surface area contributed by atoms with Crippen LogP contribution in [0.3, 0.4) is 0 Å². The van der Waals surface area contributed by atoms with E-state index in [9.17, 15) is 19.8 Å². The third kappa shape index (κ3) is 3.59. The number of aromatic amines is 1. The fraction of sp³-hybridized carbons (Fsp3) is 0.0625. The standard InChI is InChI=1S/C16H14N6O4/c17-11-3-1-9(2-4-11)7-22-8-10(5-12(22)16(25)26)13(23)6-14(24)15-18-20-21-19-15/h1-6,8,23H,7,17H2,(H,25,26)(H,18,19,20,21). The molecule has 3 aromatic rings. The second kappa shape index (κ2) is 6.89. The quantitative estimate of drug-likeness (QED) is 0.222. The van der Waals surface area contributed by atoms with E-state index in [1.165, 1.54) is 16.8 Å². The number of benzene rings is 1. The van der Waals surface area contributed by atoms with Crippen molar-refractivity contribution in [3.63, 3.8) is 0 Å². The zero-order valence-corrected chi connectivity index (χ0v) is 13.3. The number of nitrogens with zero attached hydrogens (tertiary/aromatic N) is 4. The van der Waals surface area contributed by atoms with Gasteiger partial charge < -0.3 is 20.5 Å². The molecule has 0 fully saturated rings. The van der Waals surface area contributed by atoms with Crippen molar-refractivity contribution in [3.05, 3.63) is 65.2 Å². The van der Waals surface area contributed by atoms with Gasteiger partial charge in [-0.2, -0.15) is 5.21 Å². The minimum atomic E-state index is -1.16. The Kier molecular flexibility index (Phi) is 4.48. The molecule has 0 saturated heterocycles. The van der Waals surface area contributed by atoms with Crippen molar-refractivity contribution in [2.45, 2.75) is 6.54 Å². The molecule has 2 aromatic heterocycles. The number of aromatic carboxylic acids is 1. The van der Waals surface area contributed by atoms with Crippen LogP contribution in [0, 0.1) is 0 Å². The molecule has 0 unspecified atom stereocenters. The highest BCUT2D eigenvalue weighted by molar-refractivity contribution is 6.05. The summed E-state index contributed by atoms with van der Waals surface area (Å²) in [5.74, 6) is -2.45. The minimum absolute atomic E-state index is 0.0382. The molecule has 2 heterocycles. The van der Waals surface area contributed by atoms with Crippen molar-refractivity contribution in [2.24, 2.45) is 0 Å². The number of carbonyl (C=O) groups is 2. The second-order valence-electron chi connectivity index (χ2n) is 5.42. The average Bonchev–Trinajstić information content (AvgIpc) is 3.26. The van der Waals surface area contributed by atoms with E-state index in [1.807, 2.05) is 0 Å². The molecule has 0 aliphatic rings. The Morgan fingerprint density at radius 1 is 1.23 bits per heavy atom. The van der Waals surface area contributed by atoms with E-state index in [0.29, 0.717) is 5.69 Å². The van der Waals surface area contributed by atoms with Crippen molar-refractivity contribution in [3.8, 4) is 0 Å². The number of carboxylic acid groups (broad SMARTS) is 1. The van der Waals surface area contributed by atoms with Crippen LogP contribution in [0.5, 0.6) is 0 Å². The van der Waals surface area contributed by atoms with E-state index in [-0.39, 0.29) is 23.6 Å². The maximum atomic E-state index is 11.9. The summed E-state index contributed by atoms with van der Waals surface area (Å²) in [5.41, 5.74) is 7.20. The van der Waals surface area contributed by atoms with Gasteiger partial charge in [-0.3, -0.25) is 4.79 Å². The molecular weight excluding hydrogens is 340 g/mol.